The highest BCUT2D eigenvalue weighted by Crippen LogP contribution is 2.21. The van der Waals surface area contributed by atoms with Crippen LogP contribution in [0.15, 0.2) is 54.6 Å². The predicted octanol–water partition coefficient (Wildman–Crippen LogP) is 4.20. The molecule has 30 heavy (non-hydrogen) atoms. The van der Waals surface area contributed by atoms with E-state index >= 15 is 0 Å². The Morgan fingerprint density at radius 2 is 1.73 bits per heavy atom. The highest BCUT2D eigenvalue weighted by Gasteiger charge is 2.19. The molecular weight excluding hydrogens is 378 g/mol. The van der Waals surface area contributed by atoms with Crippen molar-refractivity contribution in [2.75, 3.05) is 32.8 Å². The molecular formula is C25H33NO4. The third kappa shape index (κ3) is 7.81. The molecule has 0 bridgehead atoms. The van der Waals surface area contributed by atoms with Crippen molar-refractivity contribution in [2.45, 2.75) is 44.6 Å². The van der Waals surface area contributed by atoms with E-state index in [0.717, 1.165) is 38.2 Å². The van der Waals surface area contributed by atoms with Crippen molar-refractivity contribution in [3.63, 3.8) is 0 Å². The molecule has 1 N–H and O–H groups in total. The van der Waals surface area contributed by atoms with Gasteiger partial charge in [-0.15, -0.1) is 0 Å². The van der Waals surface area contributed by atoms with E-state index in [1.807, 2.05) is 18.2 Å². The minimum absolute atomic E-state index is 0.0564. The van der Waals surface area contributed by atoms with Crippen LogP contribution in [0.4, 0.5) is 0 Å². The number of carboxylic acids is 1. The van der Waals surface area contributed by atoms with Crippen molar-refractivity contribution in [3.8, 4) is 5.75 Å². The number of aliphatic carboxylic acids is 1. The summed E-state index contributed by atoms with van der Waals surface area (Å²) in [6.45, 7) is 3.96. The van der Waals surface area contributed by atoms with Crippen LogP contribution >= 0.6 is 0 Å². The first kappa shape index (κ1) is 22.3. The molecule has 2 aromatic rings. The van der Waals surface area contributed by atoms with Gasteiger partial charge in [0.25, 0.3) is 0 Å². The maximum atomic E-state index is 10.7. The number of likely N-dealkylation sites (tertiary alicyclic amines) is 1. The lowest BCUT2D eigenvalue weighted by Crippen LogP contribution is -2.36. The number of ether oxygens (including phenoxy) is 2. The van der Waals surface area contributed by atoms with Gasteiger partial charge in [0.05, 0.1) is 0 Å². The van der Waals surface area contributed by atoms with Crippen LogP contribution in [0.5, 0.6) is 5.75 Å². The fraction of sp³-hybridized carbons (Fsp3) is 0.480. The van der Waals surface area contributed by atoms with Gasteiger partial charge in [0.2, 0.25) is 0 Å². The number of aryl methyl sites for hydroxylation is 2. The lowest BCUT2D eigenvalue weighted by Gasteiger charge is -2.24. The molecule has 1 aliphatic heterocycles. The molecule has 0 amide bonds. The summed E-state index contributed by atoms with van der Waals surface area (Å²) >= 11 is 0. The Bertz CT molecular complexity index is 759. The summed E-state index contributed by atoms with van der Waals surface area (Å²) in [6, 6.07) is 18.7. The predicted molar refractivity (Wildman–Crippen MR) is 118 cm³/mol. The molecule has 1 atom stereocenters. The van der Waals surface area contributed by atoms with E-state index in [0.29, 0.717) is 19.6 Å². The van der Waals surface area contributed by atoms with E-state index in [1.54, 1.807) is 0 Å². The van der Waals surface area contributed by atoms with Crippen LogP contribution in [0.3, 0.4) is 0 Å². The number of benzene rings is 2. The molecule has 1 fully saturated rings. The zero-order chi connectivity index (χ0) is 21.0. The number of hydrogen-bond acceptors (Lipinski definition) is 4. The van der Waals surface area contributed by atoms with E-state index in [-0.39, 0.29) is 12.5 Å². The van der Waals surface area contributed by atoms with Crippen molar-refractivity contribution < 1.29 is 19.4 Å². The molecule has 1 saturated heterocycles. The molecule has 0 aliphatic carbocycles. The summed E-state index contributed by atoms with van der Waals surface area (Å²) in [4.78, 5) is 13.2. The van der Waals surface area contributed by atoms with Crippen LogP contribution in [-0.2, 0) is 22.4 Å². The Hall–Kier alpha value is -2.37. The van der Waals surface area contributed by atoms with Gasteiger partial charge in [-0.05, 0) is 62.4 Å². The lowest BCUT2D eigenvalue weighted by molar-refractivity contribution is -0.137. The van der Waals surface area contributed by atoms with Gasteiger partial charge < -0.3 is 19.5 Å². The highest BCUT2D eigenvalue weighted by atomic mass is 16.5. The number of hydrogen-bond donors (Lipinski definition) is 1. The van der Waals surface area contributed by atoms with Crippen LogP contribution in [0.25, 0.3) is 0 Å². The number of carbonyl (C=O) groups is 1. The summed E-state index contributed by atoms with van der Waals surface area (Å²) in [7, 11) is 0. The van der Waals surface area contributed by atoms with E-state index < -0.39 is 5.97 Å². The Kier molecular flexibility index (Phi) is 9.19. The van der Waals surface area contributed by atoms with Gasteiger partial charge in [-0.1, -0.05) is 48.5 Å². The SMILES string of the molecule is O=C(O)CCCOC(COc1ccccc1CCc1ccccc1)CN1CCCC1. The van der Waals surface area contributed by atoms with Gasteiger partial charge in [-0.25, -0.2) is 0 Å². The molecule has 162 valence electrons. The standard InChI is InChI=1S/C25H33NO4/c27-25(28)13-8-18-29-23(19-26-16-6-7-17-26)20-30-24-12-5-4-11-22(24)15-14-21-9-2-1-3-10-21/h1-5,9-12,23H,6-8,13-20H2,(H,27,28). The molecule has 0 spiro atoms. The molecule has 5 heteroatoms. The molecule has 0 saturated carbocycles. The lowest BCUT2D eigenvalue weighted by atomic mass is 10.0. The van der Waals surface area contributed by atoms with Gasteiger partial charge in [0.15, 0.2) is 0 Å². The van der Waals surface area contributed by atoms with Crippen molar-refractivity contribution in [1.82, 2.24) is 4.90 Å². The van der Waals surface area contributed by atoms with E-state index in [1.165, 1.54) is 24.0 Å². The molecule has 0 aromatic heterocycles. The van der Waals surface area contributed by atoms with Gasteiger partial charge in [-0.3, -0.25) is 4.79 Å². The van der Waals surface area contributed by atoms with Gasteiger partial charge in [0.1, 0.15) is 18.5 Å². The van der Waals surface area contributed by atoms with Crippen molar-refractivity contribution in [1.29, 1.82) is 0 Å². The van der Waals surface area contributed by atoms with Crippen molar-refractivity contribution in [3.05, 3.63) is 65.7 Å². The summed E-state index contributed by atoms with van der Waals surface area (Å²) in [6.07, 6.45) is 4.97. The molecule has 1 unspecified atom stereocenters. The molecule has 1 heterocycles. The second-order valence-electron chi connectivity index (χ2n) is 7.90. The third-order valence-corrected chi connectivity index (χ3v) is 5.47. The zero-order valence-corrected chi connectivity index (χ0v) is 17.7. The first-order valence-electron chi connectivity index (χ1n) is 11.0. The van der Waals surface area contributed by atoms with Crippen LogP contribution in [0.1, 0.15) is 36.8 Å². The molecule has 0 radical (unpaired) electrons. The van der Waals surface area contributed by atoms with Crippen LogP contribution < -0.4 is 4.74 Å². The number of para-hydroxylation sites is 1. The summed E-state index contributed by atoms with van der Waals surface area (Å²) in [5.41, 5.74) is 2.52. The average Bonchev–Trinajstić information content (AvgIpc) is 3.27. The monoisotopic (exact) mass is 411 g/mol. The van der Waals surface area contributed by atoms with E-state index in [4.69, 9.17) is 14.6 Å². The van der Waals surface area contributed by atoms with Crippen molar-refractivity contribution in [2.24, 2.45) is 0 Å². The van der Waals surface area contributed by atoms with Crippen LogP contribution in [0.2, 0.25) is 0 Å². The first-order valence-corrected chi connectivity index (χ1v) is 11.0. The van der Waals surface area contributed by atoms with Crippen LogP contribution in [-0.4, -0.2) is 54.9 Å². The fourth-order valence-electron chi connectivity index (χ4n) is 3.84. The quantitative estimate of drug-likeness (QED) is 0.501. The summed E-state index contributed by atoms with van der Waals surface area (Å²) < 4.78 is 12.2. The Morgan fingerprint density at radius 1 is 1.00 bits per heavy atom. The minimum Gasteiger partial charge on any atom is -0.491 e. The second kappa shape index (κ2) is 12.4. The summed E-state index contributed by atoms with van der Waals surface area (Å²) in [5.74, 6) is 0.132. The van der Waals surface area contributed by atoms with Gasteiger partial charge in [-0.2, -0.15) is 0 Å². The largest absolute Gasteiger partial charge is 0.491 e. The van der Waals surface area contributed by atoms with E-state index in [2.05, 4.69) is 41.3 Å². The topological polar surface area (TPSA) is 59.0 Å². The molecule has 2 aromatic carbocycles. The molecule has 5 nitrogen and oxygen atoms in total. The van der Waals surface area contributed by atoms with E-state index in [9.17, 15) is 4.79 Å². The fourth-order valence-corrected chi connectivity index (χ4v) is 3.84. The maximum absolute atomic E-state index is 10.7. The zero-order valence-electron chi connectivity index (χ0n) is 17.7. The smallest absolute Gasteiger partial charge is 0.303 e. The van der Waals surface area contributed by atoms with Crippen LogP contribution in [0, 0.1) is 0 Å². The first-order chi connectivity index (χ1) is 14.7. The number of rotatable bonds is 13. The summed E-state index contributed by atoms with van der Waals surface area (Å²) in [5, 5.41) is 8.84. The maximum Gasteiger partial charge on any atom is 0.303 e. The normalized spacial score (nSPS) is 15.2. The minimum atomic E-state index is -0.779. The second-order valence-corrected chi connectivity index (χ2v) is 7.90. The Balaban J connectivity index is 1.54. The number of carboxylic acid groups (broad SMARTS) is 1. The Morgan fingerprint density at radius 3 is 2.50 bits per heavy atom. The number of nitrogens with zero attached hydrogens (tertiary/aromatic N) is 1. The molecule has 1 aliphatic rings. The molecule has 3 rings (SSSR count). The van der Waals surface area contributed by atoms with Gasteiger partial charge >= 0.3 is 5.97 Å². The van der Waals surface area contributed by atoms with Gasteiger partial charge in [0, 0.05) is 19.6 Å². The van der Waals surface area contributed by atoms with Crippen molar-refractivity contribution >= 4 is 5.97 Å². The third-order valence-electron chi connectivity index (χ3n) is 5.47. The average molecular weight is 412 g/mol. The Labute approximate surface area is 179 Å². The highest BCUT2D eigenvalue weighted by molar-refractivity contribution is 5.66.